The molecule has 0 amide bonds. The summed E-state index contributed by atoms with van der Waals surface area (Å²) in [6.07, 6.45) is 0.754. The molecule has 96 valence electrons. The van der Waals surface area contributed by atoms with Crippen LogP contribution in [0.25, 0.3) is 0 Å². The van der Waals surface area contributed by atoms with Crippen molar-refractivity contribution in [2.24, 2.45) is 5.73 Å². The van der Waals surface area contributed by atoms with Crippen molar-refractivity contribution in [3.05, 3.63) is 0 Å². The van der Waals surface area contributed by atoms with Gasteiger partial charge in [0.25, 0.3) is 10.2 Å². The quantitative estimate of drug-likeness (QED) is 0.700. The first-order valence-corrected chi connectivity index (χ1v) is 6.59. The molecule has 2 heterocycles. The summed E-state index contributed by atoms with van der Waals surface area (Å²) >= 11 is 0. The van der Waals surface area contributed by atoms with Gasteiger partial charge in [0, 0.05) is 32.2 Å². The highest BCUT2D eigenvalue weighted by atomic mass is 35.5. The van der Waals surface area contributed by atoms with Crippen LogP contribution >= 0.6 is 12.4 Å². The molecule has 0 aromatic carbocycles. The molecule has 2 aliphatic heterocycles. The highest BCUT2D eigenvalue weighted by molar-refractivity contribution is 7.86. The van der Waals surface area contributed by atoms with Crippen LogP contribution in [0.4, 0.5) is 0 Å². The lowest BCUT2D eigenvalue weighted by atomic mass is 10.3. The van der Waals surface area contributed by atoms with Crippen LogP contribution in [0.3, 0.4) is 0 Å². The highest BCUT2D eigenvalue weighted by Gasteiger charge is 2.34. The van der Waals surface area contributed by atoms with Gasteiger partial charge in [0.15, 0.2) is 0 Å². The lowest BCUT2D eigenvalue weighted by molar-refractivity contribution is 0.0706. The van der Waals surface area contributed by atoms with E-state index in [9.17, 15) is 8.42 Å². The second kappa shape index (κ2) is 5.61. The summed E-state index contributed by atoms with van der Waals surface area (Å²) in [5, 5.41) is 0. The first-order chi connectivity index (χ1) is 7.10. The highest BCUT2D eigenvalue weighted by Crippen LogP contribution is 2.16. The van der Waals surface area contributed by atoms with Crippen LogP contribution in [0.2, 0.25) is 0 Å². The minimum atomic E-state index is -3.29. The fourth-order valence-corrected chi connectivity index (χ4v) is 3.56. The molecule has 2 fully saturated rings. The Morgan fingerprint density at radius 2 is 1.75 bits per heavy atom. The average Bonchev–Trinajstić information content (AvgIpc) is 2.67. The Labute approximate surface area is 102 Å². The lowest BCUT2D eigenvalue weighted by Crippen LogP contribution is -2.48. The third-order valence-electron chi connectivity index (χ3n) is 2.81. The molecule has 1 atom stereocenters. The molecular formula is C8H18ClN3O3S. The predicted molar refractivity (Wildman–Crippen MR) is 62.7 cm³/mol. The van der Waals surface area contributed by atoms with Crippen molar-refractivity contribution in [2.75, 3.05) is 39.4 Å². The van der Waals surface area contributed by atoms with E-state index in [2.05, 4.69) is 0 Å². The summed E-state index contributed by atoms with van der Waals surface area (Å²) in [7, 11) is -3.29. The summed E-state index contributed by atoms with van der Waals surface area (Å²) in [6.45, 7) is 2.86. The minimum Gasteiger partial charge on any atom is -0.379 e. The predicted octanol–water partition coefficient (Wildman–Crippen LogP) is -0.982. The smallest absolute Gasteiger partial charge is 0.282 e. The number of halogens is 1. The van der Waals surface area contributed by atoms with Crippen LogP contribution in [0.15, 0.2) is 0 Å². The Morgan fingerprint density at radius 3 is 2.25 bits per heavy atom. The summed E-state index contributed by atoms with van der Waals surface area (Å²) in [5.41, 5.74) is 5.70. The molecule has 2 aliphatic rings. The van der Waals surface area contributed by atoms with Gasteiger partial charge < -0.3 is 10.5 Å². The standard InChI is InChI=1S/C8H17N3O3S.ClH/c9-8-1-2-11(7-8)15(12,13)10-3-5-14-6-4-10;/h8H,1-7,9H2;1H/t8-;/m1./s1. The molecule has 0 saturated carbocycles. The molecule has 2 saturated heterocycles. The molecule has 0 aliphatic carbocycles. The summed E-state index contributed by atoms with van der Waals surface area (Å²) in [5.74, 6) is 0. The molecular weight excluding hydrogens is 254 g/mol. The van der Waals surface area contributed by atoms with Gasteiger partial charge in [-0.25, -0.2) is 0 Å². The number of rotatable bonds is 2. The molecule has 0 aromatic rings. The van der Waals surface area contributed by atoms with Crippen molar-refractivity contribution in [1.82, 2.24) is 8.61 Å². The monoisotopic (exact) mass is 271 g/mol. The normalized spacial score (nSPS) is 28.9. The molecule has 0 spiro atoms. The lowest BCUT2D eigenvalue weighted by Gasteiger charge is -2.29. The first-order valence-electron chi connectivity index (χ1n) is 5.19. The first kappa shape index (κ1) is 14.1. The van der Waals surface area contributed by atoms with E-state index in [0.717, 1.165) is 6.42 Å². The van der Waals surface area contributed by atoms with Gasteiger partial charge in [-0.2, -0.15) is 17.0 Å². The van der Waals surface area contributed by atoms with Gasteiger partial charge in [-0.1, -0.05) is 0 Å². The zero-order valence-corrected chi connectivity index (χ0v) is 10.7. The molecule has 0 bridgehead atoms. The van der Waals surface area contributed by atoms with Gasteiger partial charge in [-0.05, 0) is 6.42 Å². The summed E-state index contributed by atoms with van der Waals surface area (Å²) < 4.78 is 32.2. The van der Waals surface area contributed by atoms with E-state index in [1.54, 1.807) is 0 Å². The van der Waals surface area contributed by atoms with Gasteiger partial charge >= 0.3 is 0 Å². The SMILES string of the molecule is Cl.N[C@@H]1CCN(S(=O)(=O)N2CCOCC2)C1. The van der Waals surface area contributed by atoms with E-state index >= 15 is 0 Å². The molecule has 0 radical (unpaired) electrons. The molecule has 0 unspecified atom stereocenters. The molecule has 2 rings (SSSR count). The molecule has 2 N–H and O–H groups in total. The van der Waals surface area contributed by atoms with E-state index in [4.69, 9.17) is 10.5 Å². The number of nitrogens with two attached hydrogens (primary N) is 1. The maximum absolute atomic E-state index is 12.1. The Morgan fingerprint density at radius 1 is 1.12 bits per heavy atom. The van der Waals surface area contributed by atoms with Gasteiger partial charge in [0.1, 0.15) is 0 Å². The minimum absolute atomic E-state index is 0. The van der Waals surface area contributed by atoms with Crippen molar-refractivity contribution in [3.63, 3.8) is 0 Å². The molecule has 0 aromatic heterocycles. The number of nitrogens with zero attached hydrogens (tertiary/aromatic N) is 2. The largest absolute Gasteiger partial charge is 0.379 e. The molecule has 8 heteroatoms. The van der Waals surface area contributed by atoms with Crippen molar-refractivity contribution in [2.45, 2.75) is 12.5 Å². The molecule has 6 nitrogen and oxygen atoms in total. The fraction of sp³-hybridized carbons (Fsp3) is 1.00. The van der Waals surface area contributed by atoms with Crippen LogP contribution in [0.1, 0.15) is 6.42 Å². The van der Waals surface area contributed by atoms with E-state index in [0.29, 0.717) is 39.4 Å². The number of ether oxygens (including phenoxy) is 1. The van der Waals surface area contributed by atoms with E-state index < -0.39 is 10.2 Å². The maximum atomic E-state index is 12.1. The van der Waals surface area contributed by atoms with Crippen molar-refractivity contribution in [1.29, 1.82) is 0 Å². The third kappa shape index (κ3) is 2.85. The fourth-order valence-electron chi connectivity index (χ4n) is 1.90. The number of hydrogen-bond donors (Lipinski definition) is 1. The van der Waals surface area contributed by atoms with Crippen LogP contribution < -0.4 is 5.73 Å². The number of hydrogen-bond acceptors (Lipinski definition) is 4. The van der Waals surface area contributed by atoms with Crippen LogP contribution in [-0.4, -0.2) is 62.5 Å². The number of morpholine rings is 1. The van der Waals surface area contributed by atoms with Gasteiger partial charge in [-0.15, -0.1) is 12.4 Å². The zero-order valence-electron chi connectivity index (χ0n) is 9.04. The third-order valence-corrected chi connectivity index (χ3v) is 4.81. The van der Waals surface area contributed by atoms with Crippen LogP contribution in [0.5, 0.6) is 0 Å². The summed E-state index contributed by atoms with van der Waals surface area (Å²) in [6, 6.07) is -0.0131. The topological polar surface area (TPSA) is 75.9 Å². The van der Waals surface area contributed by atoms with Crippen LogP contribution in [-0.2, 0) is 14.9 Å². The van der Waals surface area contributed by atoms with Crippen LogP contribution in [0, 0.1) is 0 Å². The van der Waals surface area contributed by atoms with Gasteiger partial charge in [-0.3, -0.25) is 0 Å². The Hall–Kier alpha value is 0.0800. The van der Waals surface area contributed by atoms with E-state index in [1.807, 2.05) is 0 Å². The maximum Gasteiger partial charge on any atom is 0.282 e. The second-order valence-corrected chi connectivity index (χ2v) is 5.85. The summed E-state index contributed by atoms with van der Waals surface area (Å²) in [4.78, 5) is 0. The second-order valence-electron chi connectivity index (χ2n) is 3.93. The van der Waals surface area contributed by atoms with Crippen molar-refractivity contribution >= 4 is 22.6 Å². The van der Waals surface area contributed by atoms with Crippen molar-refractivity contribution < 1.29 is 13.2 Å². The molecule has 16 heavy (non-hydrogen) atoms. The Bertz CT molecular complexity index is 308. The van der Waals surface area contributed by atoms with E-state index in [1.165, 1.54) is 8.61 Å². The Balaban J connectivity index is 0.00000128. The van der Waals surface area contributed by atoms with Gasteiger partial charge in [0.2, 0.25) is 0 Å². The van der Waals surface area contributed by atoms with Gasteiger partial charge in [0.05, 0.1) is 13.2 Å². The van der Waals surface area contributed by atoms with E-state index in [-0.39, 0.29) is 18.4 Å². The average molecular weight is 272 g/mol. The zero-order chi connectivity index (χ0) is 10.9. The van der Waals surface area contributed by atoms with Crippen molar-refractivity contribution in [3.8, 4) is 0 Å². The Kier molecular flexibility index (Phi) is 4.96.